The Morgan fingerprint density at radius 2 is 1.60 bits per heavy atom. The number of carboxylic acids is 1. The van der Waals surface area contributed by atoms with Crippen molar-refractivity contribution < 1.29 is 23.4 Å². The minimum Gasteiger partial charge on any atom is -0.491 e. The van der Waals surface area contributed by atoms with Gasteiger partial charge in [0.25, 0.3) is 0 Å². The van der Waals surface area contributed by atoms with Crippen molar-refractivity contribution in [1.82, 2.24) is 0 Å². The van der Waals surface area contributed by atoms with Crippen molar-refractivity contribution >= 4 is 5.97 Å². The molecule has 0 aromatic rings. The Kier molecular flexibility index (Phi) is 6.93. The number of hydrogen-bond acceptors (Lipinski definition) is 2. The normalized spacial score (nSPS) is 11.8. The van der Waals surface area contributed by atoms with Crippen molar-refractivity contribution in [3.63, 3.8) is 0 Å². The molecule has 0 amide bonds. The standard InChI is InChI=1S/C15H16F2O3/c1-6-20-12(5)14(17)13(16)11(4)9(2)7-8-10(3)15(18)19/h7-8H,2-6H2,1H3,(H,18,19)/b8-7-,14-13-. The van der Waals surface area contributed by atoms with Crippen LogP contribution in [0, 0.1) is 0 Å². The predicted molar refractivity (Wildman–Crippen MR) is 74.2 cm³/mol. The van der Waals surface area contributed by atoms with Gasteiger partial charge in [-0.05, 0) is 18.6 Å². The van der Waals surface area contributed by atoms with E-state index in [1.165, 1.54) is 6.08 Å². The summed E-state index contributed by atoms with van der Waals surface area (Å²) >= 11 is 0. The van der Waals surface area contributed by atoms with Gasteiger partial charge in [-0.15, -0.1) is 0 Å². The fraction of sp³-hybridized carbons (Fsp3) is 0.133. The Morgan fingerprint density at radius 1 is 1.10 bits per heavy atom. The predicted octanol–water partition coefficient (Wildman–Crippen LogP) is 4.00. The molecule has 0 unspecified atom stereocenters. The van der Waals surface area contributed by atoms with E-state index in [0.29, 0.717) is 0 Å². The molecule has 108 valence electrons. The van der Waals surface area contributed by atoms with E-state index in [1.807, 2.05) is 0 Å². The zero-order valence-corrected chi connectivity index (χ0v) is 11.2. The molecule has 5 heteroatoms. The lowest BCUT2D eigenvalue weighted by Gasteiger charge is -2.08. The van der Waals surface area contributed by atoms with E-state index < -0.39 is 23.4 Å². The monoisotopic (exact) mass is 282 g/mol. The van der Waals surface area contributed by atoms with Gasteiger partial charge in [0.2, 0.25) is 5.83 Å². The first-order chi connectivity index (χ1) is 9.22. The zero-order valence-electron chi connectivity index (χ0n) is 11.2. The average molecular weight is 282 g/mol. The molecule has 0 atom stereocenters. The summed E-state index contributed by atoms with van der Waals surface area (Å²) in [5, 5.41) is 8.59. The summed E-state index contributed by atoms with van der Waals surface area (Å²) in [5.41, 5.74) is -0.551. The smallest absolute Gasteiger partial charge is 0.335 e. The van der Waals surface area contributed by atoms with Crippen molar-refractivity contribution in [3.05, 3.63) is 72.6 Å². The maximum Gasteiger partial charge on any atom is 0.335 e. The third kappa shape index (κ3) is 5.06. The summed E-state index contributed by atoms with van der Waals surface area (Å²) in [6, 6.07) is 0. The summed E-state index contributed by atoms with van der Waals surface area (Å²) in [7, 11) is 0. The van der Waals surface area contributed by atoms with Crippen LogP contribution in [-0.4, -0.2) is 17.7 Å². The average Bonchev–Trinajstić information content (AvgIpc) is 2.41. The lowest BCUT2D eigenvalue weighted by atomic mass is 10.1. The number of rotatable bonds is 8. The quantitative estimate of drug-likeness (QED) is 0.416. The van der Waals surface area contributed by atoms with E-state index in [9.17, 15) is 13.6 Å². The summed E-state index contributed by atoms with van der Waals surface area (Å²) in [6.45, 7) is 15.0. The summed E-state index contributed by atoms with van der Waals surface area (Å²) in [4.78, 5) is 10.5. The van der Waals surface area contributed by atoms with Crippen LogP contribution >= 0.6 is 0 Å². The number of aliphatic carboxylic acids is 1. The molecular weight excluding hydrogens is 266 g/mol. The van der Waals surface area contributed by atoms with Crippen molar-refractivity contribution in [2.24, 2.45) is 0 Å². The van der Waals surface area contributed by atoms with Crippen LogP contribution in [0.4, 0.5) is 8.78 Å². The Balaban J connectivity index is 5.03. The van der Waals surface area contributed by atoms with Gasteiger partial charge in [0, 0.05) is 5.57 Å². The first kappa shape index (κ1) is 17.6. The van der Waals surface area contributed by atoms with Gasteiger partial charge in [-0.25, -0.2) is 9.18 Å². The largest absolute Gasteiger partial charge is 0.491 e. The molecule has 3 nitrogen and oxygen atoms in total. The Labute approximate surface area is 116 Å². The molecule has 0 rings (SSSR count). The van der Waals surface area contributed by atoms with Gasteiger partial charge in [-0.2, -0.15) is 4.39 Å². The van der Waals surface area contributed by atoms with Crippen LogP contribution in [0.1, 0.15) is 6.92 Å². The van der Waals surface area contributed by atoms with E-state index in [4.69, 9.17) is 9.84 Å². The van der Waals surface area contributed by atoms with Crippen LogP contribution in [0.15, 0.2) is 72.6 Å². The summed E-state index contributed by atoms with van der Waals surface area (Å²) in [6.07, 6.45) is 2.29. The second-order valence-electron chi connectivity index (χ2n) is 3.65. The maximum atomic E-state index is 13.7. The number of hydrogen-bond donors (Lipinski definition) is 1. The molecule has 0 saturated heterocycles. The van der Waals surface area contributed by atoms with E-state index in [0.717, 1.165) is 6.08 Å². The minimum absolute atomic E-state index is 0.00403. The van der Waals surface area contributed by atoms with Gasteiger partial charge in [0.15, 0.2) is 11.6 Å². The van der Waals surface area contributed by atoms with Gasteiger partial charge in [-0.1, -0.05) is 32.4 Å². The van der Waals surface area contributed by atoms with Crippen molar-refractivity contribution in [3.8, 4) is 0 Å². The molecule has 0 aliphatic rings. The number of ether oxygens (including phenoxy) is 1. The first-order valence-corrected chi connectivity index (χ1v) is 5.58. The highest BCUT2D eigenvalue weighted by Crippen LogP contribution is 2.26. The molecule has 0 radical (unpaired) electrons. The fourth-order valence-corrected chi connectivity index (χ4v) is 1.01. The van der Waals surface area contributed by atoms with Crippen molar-refractivity contribution in [2.45, 2.75) is 6.92 Å². The molecule has 0 aromatic carbocycles. The zero-order chi connectivity index (χ0) is 15.9. The topological polar surface area (TPSA) is 46.5 Å². The second-order valence-corrected chi connectivity index (χ2v) is 3.65. The highest BCUT2D eigenvalue weighted by Gasteiger charge is 2.15. The third-order valence-electron chi connectivity index (χ3n) is 2.17. The number of allylic oxidation sites excluding steroid dienone is 5. The number of halogens is 2. The molecule has 0 fully saturated rings. The van der Waals surface area contributed by atoms with Crippen LogP contribution in [-0.2, 0) is 9.53 Å². The SMILES string of the molecule is C=C(/C=C\C(=C)C(=O)O)C(=C)/C(F)=C(/F)C(=C)OCC. The van der Waals surface area contributed by atoms with E-state index >= 15 is 0 Å². The van der Waals surface area contributed by atoms with Crippen LogP contribution in [0.25, 0.3) is 0 Å². The van der Waals surface area contributed by atoms with Gasteiger partial charge in [0.1, 0.15) is 0 Å². The van der Waals surface area contributed by atoms with E-state index in [-0.39, 0.29) is 23.3 Å². The lowest BCUT2D eigenvalue weighted by Crippen LogP contribution is -1.97. The molecule has 0 spiro atoms. The fourth-order valence-electron chi connectivity index (χ4n) is 1.01. The minimum atomic E-state index is -1.27. The molecule has 0 bridgehead atoms. The molecule has 20 heavy (non-hydrogen) atoms. The molecule has 1 N–H and O–H groups in total. The highest BCUT2D eigenvalue weighted by atomic mass is 19.2. The van der Waals surface area contributed by atoms with Crippen LogP contribution < -0.4 is 0 Å². The van der Waals surface area contributed by atoms with Crippen molar-refractivity contribution in [2.75, 3.05) is 6.61 Å². The van der Waals surface area contributed by atoms with Gasteiger partial charge >= 0.3 is 5.97 Å². The van der Waals surface area contributed by atoms with Crippen LogP contribution in [0.3, 0.4) is 0 Å². The summed E-state index contributed by atoms with van der Waals surface area (Å²) < 4.78 is 32.0. The Hall–Kier alpha value is -2.43. The molecule has 0 aromatic heterocycles. The Bertz CT molecular complexity index is 525. The van der Waals surface area contributed by atoms with Crippen LogP contribution in [0.2, 0.25) is 0 Å². The van der Waals surface area contributed by atoms with E-state index in [2.05, 4.69) is 26.3 Å². The van der Waals surface area contributed by atoms with Gasteiger partial charge in [0.05, 0.1) is 12.2 Å². The number of carboxylic acid groups (broad SMARTS) is 1. The number of carbonyl (C=O) groups is 1. The maximum absolute atomic E-state index is 13.7. The summed E-state index contributed by atoms with van der Waals surface area (Å²) in [5.74, 6) is -4.22. The molecule has 0 aliphatic carbocycles. The van der Waals surface area contributed by atoms with Crippen LogP contribution in [0.5, 0.6) is 0 Å². The molecular formula is C15H16F2O3. The highest BCUT2D eigenvalue weighted by molar-refractivity contribution is 5.89. The lowest BCUT2D eigenvalue weighted by molar-refractivity contribution is -0.132. The van der Waals surface area contributed by atoms with Gasteiger partial charge < -0.3 is 9.84 Å². The third-order valence-corrected chi connectivity index (χ3v) is 2.17. The molecule has 0 heterocycles. The Morgan fingerprint density at radius 3 is 2.05 bits per heavy atom. The molecule has 0 saturated carbocycles. The second kappa shape index (κ2) is 7.89. The molecule has 0 aliphatic heterocycles. The van der Waals surface area contributed by atoms with Crippen molar-refractivity contribution in [1.29, 1.82) is 0 Å². The van der Waals surface area contributed by atoms with E-state index in [1.54, 1.807) is 6.92 Å². The first-order valence-electron chi connectivity index (χ1n) is 5.58. The van der Waals surface area contributed by atoms with Gasteiger partial charge in [-0.3, -0.25) is 0 Å².